The summed E-state index contributed by atoms with van der Waals surface area (Å²) in [6.45, 7) is 7.39. The molecule has 7 heteroatoms. The number of rotatable bonds is 8. The first-order valence-corrected chi connectivity index (χ1v) is 6.86. The van der Waals surface area contributed by atoms with Gasteiger partial charge in [-0.3, -0.25) is 10.1 Å². The minimum absolute atomic E-state index is 0.127. The molecule has 0 spiro atoms. The maximum Gasteiger partial charge on any atom is 0.338 e. The number of nitro benzene ring substituents is 1. The second-order valence-corrected chi connectivity index (χ2v) is 4.43. The van der Waals surface area contributed by atoms with Crippen LogP contribution >= 0.6 is 0 Å². The first-order chi connectivity index (χ1) is 10.0. The lowest BCUT2D eigenvalue weighted by Gasteiger charge is -2.18. The van der Waals surface area contributed by atoms with Gasteiger partial charge in [-0.05, 0) is 25.2 Å². The summed E-state index contributed by atoms with van der Waals surface area (Å²) in [5.41, 5.74) is 0.441. The Labute approximate surface area is 124 Å². The third kappa shape index (κ3) is 4.71. The molecule has 0 atom stereocenters. The van der Waals surface area contributed by atoms with Crippen molar-refractivity contribution in [1.82, 2.24) is 4.90 Å². The highest BCUT2D eigenvalue weighted by Crippen LogP contribution is 2.25. The Morgan fingerprint density at radius 3 is 2.57 bits per heavy atom. The number of hydrogen-bond acceptors (Lipinski definition) is 6. The molecular weight excluding hydrogens is 274 g/mol. The predicted octanol–water partition coefficient (Wildman–Crippen LogP) is 2.14. The normalized spacial score (nSPS) is 10.5. The van der Waals surface area contributed by atoms with Crippen LogP contribution in [0.25, 0.3) is 0 Å². The van der Waals surface area contributed by atoms with Gasteiger partial charge >= 0.3 is 5.97 Å². The van der Waals surface area contributed by atoms with Crippen LogP contribution in [0.4, 0.5) is 11.4 Å². The molecule has 1 aromatic rings. The fourth-order valence-corrected chi connectivity index (χ4v) is 1.97. The lowest BCUT2D eigenvalue weighted by Crippen LogP contribution is -2.28. The van der Waals surface area contributed by atoms with Gasteiger partial charge in [0.05, 0.1) is 17.6 Å². The Bertz CT molecular complexity index is 501. The van der Waals surface area contributed by atoms with E-state index in [1.807, 2.05) is 0 Å². The highest BCUT2D eigenvalue weighted by molar-refractivity contribution is 5.91. The van der Waals surface area contributed by atoms with Gasteiger partial charge < -0.3 is 15.0 Å². The summed E-state index contributed by atoms with van der Waals surface area (Å²) in [6.07, 6.45) is 0. The zero-order valence-corrected chi connectivity index (χ0v) is 12.6. The Morgan fingerprint density at radius 1 is 1.38 bits per heavy atom. The molecule has 0 aliphatic rings. The van der Waals surface area contributed by atoms with Crippen LogP contribution in [0.5, 0.6) is 0 Å². The van der Waals surface area contributed by atoms with Crippen LogP contribution in [0.2, 0.25) is 0 Å². The summed E-state index contributed by atoms with van der Waals surface area (Å²) in [6, 6.07) is 4.27. The minimum atomic E-state index is -0.590. The van der Waals surface area contributed by atoms with E-state index in [-0.39, 0.29) is 11.3 Å². The molecule has 1 N–H and O–H groups in total. The first-order valence-electron chi connectivity index (χ1n) is 6.86. The van der Waals surface area contributed by atoms with Crippen LogP contribution in [0.15, 0.2) is 18.2 Å². The monoisotopic (exact) mass is 295 g/mol. The standard InChI is InChI=1S/C14H21N3O4/c1-4-16(5-2)9-8-15-12-7-6-11(14(18)21-3)10-13(12)17(19)20/h6-7,10,15H,4-5,8-9H2,1-3H3. The van der Waals surface area contributed by atoms with Crippen LogP contribution in [-0.2, 0) is 4.74 Å². The summed E-state index contributed by atoms with van der Waals surface area (Å²) in [4.78, 5) is 24.2. The fourth-order valence-electron chi connectivity index (χ4n) is 1.97. The minimum Gasteiger partial charge on any atom is -0.465 e. The molecule has 7 nitrogen and oxygen atoms in total. The molecule has 0 heterocycles. The number of nitrogens with zero attached hydrogens (tertiary/aromatic N) is 2. The Morgan fingerprint density at radius 2 is 2.05 bits per heavy atom. The van der Waals surface area contributed by atoms with Gasteiger partial charge in [-0.15, -0.1) is 0 Å². The third-order valence-electron chi connectivity index (χ3n) is 3.25. The molecule has 0 aliphatic carbocycles. The Kier molecular flexibility index (Phi) is 6.61. The average Bonchev–Trinajstić information content (AvgIpc) is 2.50. The number of ether oxygens (including phenoxy) is 1. The van der Waals surface area contributed by atoms with Gasteiger partial charge in [-0.25, -0.2) is 4.79 Å². The molecule has 0 saturated carbocycles. The van der Waals surface area contributed by atoms with Crippen molar-refractivity contribution in [2.75, 3.05) is 38.6 Å². The second-order valence-electron chi connectivity index (χ2n) is 4.43. The second kappa shape index (κ2) is 8.21. The van der Waals surface area contributed by atoms with Crippen molar-refractivity contribution >= 4 is 17.3 Å². The number of methoxy groups -OCH3 is 1. The molecule has 1 rings (SSSR count). The summed E-state index contributed by atoms with van der Waals surface area (Å²) >= 11 is 0. The lowest BCUT2D eigenvalue weighted by atomic mass is 10.1. The van der Waals surface area contributed by atoms with E-state index in [0.717, 1.165) is 19.6 Å². The molecule has 0 fully saturated rings. The van der Waals surface area contributed by atoms with Crippen LogP contribution in [0, 0.1) is 10.1 Å². The van der Waals surface area contributed by atoms with E-state index < -0.39 is 10.9 Å². The molecule has 0 radical (unpaired) electrons. The zero-order chi connectivity index (χ0) is 15.8. The van der Waals surface area contributed by atoms with Gasteiger partial charge in [0, 0.05) is 19.2 Å². The predicted molar refractivity (Wildman–Crippen MR) is 80.7 cm³/mol. The number of esters is 1. The van der Waals surface area contributed by atoms with E-state index in [2.05, 4.69) is 28.8 Å². The van der Waals surface area contributed by atoms with Gasteiger partial charge in [0.1, 0.15) is 5.69 Å². The molecular formula is C14H21N3O4. The number of nitro groups is 1. The molecule has 0 bridgehead atoms. The molecule has 116 valence electrons. The van der Waals surface area contributed by atoms with Crippen LogP contribution in [0.3, 0.4) is 0 Å². The lowest BCUT2D eigenvalue weighted by molar-refractivity contribution is -0.384. The number of hydrogen-bond donors (Lipinski definition) is 1. The van der Waals surface area contributed by atoms with Crippen molar-refractivity contribution in [3.8, 4) is 0 Å². The van der Waals surface area contributed by atoms with Crippen LogP contribution in [-0.4, -0.2) is 49.1 Å². The maximum absolute atomic E-state index is 11.4. The van der Waals surface area contributed by atoms with Gasteiger partial charge in [0.15, 0.2) is 0 Å². The average molecular weight is 295 g/mol. The quantitative estimate of drug-likeness (QED) is 0.449. The van der Waals surface area contributed by atoms with Gasteiger partial charge in [0.2, 0.25) is 0 Å². The molecule has 0 aliphatic heterocycles. The maximum atomic E-state index is 11.4. The third-order valence-corrected chi connectivity index (χ3v) is 3.25. The van der Waals surface area contributed by atoms with E-state index in [0.29, 0.717) is 12.2 Å². The first kappa shape index (κ1) is 16.9. The van der Waals surface area contributed by atoms with E-state index in [9.17, 15) is 14.9 Å². The largest absolute Gasteiger partial charge is 0.465 e. The van der Waals surface area contributed by atoms with Gasteiger partial charge in [-0.2, -0.15) is 0 Å². The van der Waals surface area contributed by atoms with Crippen molar-refractivity contribution in [2.24, 2.45) is 0 Å². The summed E-state index contributed by atoms with van der Waals surface area (Å²) in [7, 11) is 1.24. The Hall–Kier alpha value is -2.15. The van der Waals surface area contributed by atoms with Gasteiger partial charge in [0.25, 0.3) is 5.69 Å². The van der Waals surface area contributed by atoms with Gasteiger partial charge in [-0.1, -0.05) is 13.8 Å². The Balaban J connectivity index is 2.82. The number of likely N-dealkylation sites (N-methyl/N-ethyl adjacent to an activating group) is 1. The number of anilines is 1. The zero-order valence-electron chi connectivity index (χ0n) is 12.6. The summed E-state index contributed by atoms with van der Waals surface area (Å²) in [5.74, 6) is -0.590. The SMILES string of the molecule is CCN(CC)CCNc1ccc(C(=O)OC)cc1[N+](=O)[O-]. The smallest absolute Gasteiger partial charge is 0.338 e. The molecule has 0 unspecified atom stereocenters. The van der Waals surface area contributed by atoms with Crippen molar-refractivity contribution in [3.05, 3.63) is 33.9 Å². The summed E-state index contributed by atoms with van der Waals surface area (Å²) < 4.78 is 4.56. The van der Waals surface area contributed by atoms with E-state index >= 15 is 0 Å². The van der Waals surface area contributed by atoms with Crippen LogP contribution in [0.1, 0.15) is 24.2 Å². The number of nitrogens with one attached hydrogen (secondary N) is 1. The number of benzene rings is 1. The molecule has 0 saturated heterocycles. The van der Waals surface area contributed by atoms with E-state index in [1.165, 1.54) is 25.3 Å². The van der Waals surface area contributed by atoms with Crippen molar-refractivity contribution in [3.63, 3.8) is 0 Å². The molecule has 0 amide bonds. The number of carbonyl (C=O) groups excluding carboxylic acids is 1. The molecule has 1 aromatic carbocycles. The highest BCUT2D eigenvalue weighted by Gasteiger charge is 2.17. The fraction of sp³-hybridized carbons (Fsp3) is 0.500. The molecule has 0 aromatic heterocycles. The topological polar surface area (TPSA) is 84.7 Å². The van der Waals surface area contributed by atoms with Crippen molar-refractivity contribution in [2.45, 2.75) is 13.8 Å². The van der Waals surface area contributed by atoms with Crippen molar-refractivity contribution in [1.29, 1.82) is 0 Å². The van der Waals surface area contributed by atoms with Crippen molar-refractivity contribution < 1.29 is 14.5 Å². The van der Waals surface area contributed by atoms with E-state index in [1.54, 1.807) is 0 Å². The van der Waals surface area contributed by atoms with E-state index in [4.69, 9.17) is 0 Å². The number of carbonyl (C=O) groups is 1. The van der Waals surface area contributed by atoms with Crippen LogP contribution < -0.4 is 5.32 Å². The molecule has 21 heavy (non-hydrogen) atoms. The summed E-state index contributed by atoms with van der Waals surface area (Å²) in [5, 5.41) is 14.1. The highest BCUT2D eigenvalue weighted by atomic mass is 16.6.